The first-order chi connectivity index (χ1) is 5.20. The Balaban J connectivity index is 0.000000461. The molecule has 11 heavy (non-hydrogen) atoms. The fourth-order valence-electron chi connectivity index (χ4n) is 0.609. The van der Waals surface area contributed by atoms with E-state index in [1.807, 2.05) is 33.9 Å². The van der Waals surface area contributed by atoms with E-state index in [-0.39, 0.29) is 0 Å². The molecule has 0 saturated carbocycles. The summed E-state index contributed by atoms with van der Waals surface area (Å²) in [6.07, 6.45) is 1.81. The van der Waals surface area contributed by atoms with Crippen LogP contribution >= 0.6 is 15.9 Å². The van der Waals surface area contributed by atoms with Crippen LogP contribution in [0.25, 0.3) is 0 Å². The van der Waals surface area contributed by atoms with Gasteiger partial charge < -0.3 is 0 Å². The van der Waals surface area contributed by atoms with Crippen molar-refractivity contribution in [3.63, 3.8) is 0 Å². The second-order valence-corrected chi connectivity index (χ2v) is 2.97. The van der Waals surface area contributed by atoms with Crippen LogP contribution in [0, 0.1) is 13.8 Å². The zero-order valence-corrected chi connectivity index (χ0v) is 9.07. The molecule has 1 heterocycles. The molecule has 0 aromatic carbocycles. The lowest BCUT2D eigenvalue weighted by molar-refractivity contribution is 1.14. The molecule has 0 aliphatic carbocycles. The molecular weight excluding hydrogens is 202 g/mol. The fourth-order valence-corrected chi connectivity index (χ4v) is 1.05. The molecular formula is C9H14BrN. The van der Waals surface area contributed by atoms with E-state index < -0.39 is 0 Å². The van der Waals surface area contributed by atoms with Gasteiger partial charge in [0.05, 0.1) is 0 Å². The number of nitrogens with zero attached hydrogens (tertiary/aromatic N) is 1. The van der Waals surface area contributed by atoms with Crippen LogP contribution in [0.5, 0.6) is 0 Å². The smallest absolute Gasteiger partial charge is 0.0413 e. The van der Waals surface area contributed by atoms with Crippen LogP contribution in [-0.4, -0.2) is 4.98 Å². The monoisotopic (exact) mass is 215 g/mol. The summed E-state index contributed by atoms with van der Waals surface area (Å²) < 4.78 is 1.05. The summed E-state index contributed by atoms with van der Waals surface area (Å²) in [7, 11) is 0. The number of pyridine rings is 1. The van der Waals surface area contributed by atoms with Gasteiger partial charge in [-0.1, -0.05) is 13.8 Å². The van der Waals surface area contributed by atoms with Gasteiger partial charge in [0, 0.05) is 16.4 Å². The first-order valence-corrected chi connectivity index (χ1v) is 4.58. The summed E-state index contributed by atoms with van der Waals surface area (Å²) in [5, 5.41) is 0. The topological polar surface area (TPSA) is 12.9 Å². The molecule has 0 atom stereocenters. The van der Waals surface area contributed by atoms with Crippen molar-refractivity contribution in [1.82, 2.24) is 4.98 Å². The molecule has 0 amide bonds. The van der Waals surface area contributed by atoms with Crippen molar-refractivity contribution in [3.05, 3.63) is 28.0 Å². The first-order valence-electron chi connectivity index (χ1n) is 3.79. The third-order valence-electron chi connectivity index (χ3n) is 1.31. The van der Waals surface area contributed by atoms with Gasteiger partial charge in [-0.2, -0.15) is 0 Å². The third-order valence-corrected chi connectivity index (χ3v) is 1.74. The van der Waals surface area contributed by atoms with Crippen LogP contribution in [-0.2, 0) is 0 Å². The van der Waals surface area contributed by atoms with Crippen LogP contribution in [0.3, 0.4) is 0 Å². The lowest BCUT2D eigenvalue weighted by Gasteiger charge is -1.96. The van der Waals surface area contributed by atoms with E-state index in [1.54, 1.807) is 0 Å². The molecule has 0 N–H and O–H groups in total. The molecule has 1 aromatic heterocycles. The van der Waals surface area contributed by atoms with Crippen molar-refractivity contribution in [2.24, 2.45) is 0 Å². The average Bonchev–Trinajstić information content (AvgIpc) is 2.02. The van der Waals surface area contributed by atoms with Crippen LogP contribution in [0.4, 0.5) is 0 Å². The highest BCUT2D eigenvalue weighted by Gasteiger charge is 1.91. The van der Waals surface area contributed by atoms with Crippen LogP contribution in [0.2, 0.25) is 0 Å². The lowest BCUT2D eigenvalue weighted by Crippen LogP contribution is -1.83. The molecule has 0 unspecified atom stereocenters. The second-order valence-electron chi connectivity index (χ2n) is 2.06. The molecule has 0 fully saturated rings. The molecule has 0 saturated heterocycles. The standard InChI is InChI=1S/C7H8BrN.C2H6/c1-5-3-7(8)4-9-6(5)2;1-2/h3-4H,1-2H3;1-2H3. The predicted molar refractivity (Wildman–Crippen MR) is 52.8 cm³/mol. The molecule has 0 spiro atoms. The van der Waals surface area contributed by atoms with Gasteiger partial charge in [0.2, 0.25) is 0 Å². The molecule has 2 heteroatoms. The Morgan fingerprint density at radius 2 is 1.82 bits per heavy atom. The van der Waals surface area contributed by atoms with Gasteiger partial charge in [-0.15, -0.1) is 0 Å². The summed E-state index contributed by atoms with van der Waals surface area (Å²) in [5.74, 6) is 0. The summed E-state index contributed by atoms with van der Waals surface area (Å²) in [4.78, 5) is 4.13. The van der Waals surface area contributed by atoms with Gasteiger partial charge in [-0.3, -0.25) is 4.98 Å². The summed E-state index contributed by atoms with van der Waals surface area (Å²) >= 11 is 3.33. The van der Waals surface area contributed by atoms with Crippen LogP contribution in [0.1, 0.15) is 25.1 Å². The molecule has 1 rings (SSSR count). The van der Waals surface area contributed by atoms with Gasteiger partial charge in [0.15, 0.2) is 0 Å². The Kier molecular flexibility index (Phi) is 5.12. The zero-order chi connectivity index (χ0) is 8.85. The SMILES string of the molecule is CC.Cc1cc(Br)cnc1C. The molecule has 0 radical (unpaired) electrons. The summed E-state index contributed by atoms with van der Waals surface area (Å²) in [5.41, 5.74) is 2.32. The van der Waals surface area contributed by atoms with E-state index in [2.05, 4.69) is 27.0 Å². The van der Waals surface area contributed by atoms with Crippen LogP contribution < -0.4 is 0 Å². The van der Waals surface area contributed by atoms with Crippen molar-refractivity contribution >= 4 is 15.9 Å². The molecule has 0 aliphatic heterocycles. The van der Waals surface area contributed by atoms with Crippen LogP contribution in [0.15, 0.2) is 16.7 Å². The normalized spacial score (nSPS) is 8.45. The van der Waals surface area contributed by atoms with Crippen molar-refractivity contribution in [2.75, 3.05) is 0 Å². The minimum atomic E-state index is 1.05. The van der Waals surface area contributed by atoms with Gasteiger partial charge >= 0.3 is 0 Å². The van der Waals surface area contributed by atoms with E-state index in [1.165, 1.54) is 5.56 Å². The van der Waals surface area contributed by atoms with E-state index >= 15 is 0 Å². The van der Waals surface area contributed by atoms with E-state index in [9.17, 15) is 0 Å². The highest BCUT2D eigenvalue weighted by molar-refractivity contribution is 9.10. The van der Waals surface area contributed by atoms with E-state index in [4.69, 9.17) is 0 Å². The Morgan fingerprint density at radius 3 is 2.18 bits per heavy atom. The molecule has 1 nitrogen and oxygen atoms in total. The number of hydrogen-bond donors (Lipinski definition) is 0. The highest BCUT2D eigenvalue weighted by Crippen LogP contribution is 2.11. The Morgan fingerprint density at radius 1 is 1.27 bits per heavy atom. The van der Waals surface area contributed by atoms with Crippen molar-refractivity contribution in [3.8, 4) is 0 Å². The zero-order valence-electron chi connectivity index (χ0n) is 7.48. The quantitative estimate of drug-likeness (QED) is 0.646. The highest BCUT2D eigenvalue weighted by atomic mass is 79.9. The van der Waals surface area contributed by atoms with Gasteiger partial charge in [0.1, 0.15) is 0 Å². The van der Waals surface area contributed by atoms with Crippen molar-refractivity contribution in [2.45, 2.75) is 27.7 Å². The minimum Gasteiger partial charge on any atom is -0.260 e. The predicted octanol–water partition coefficient (Wildman–Crippen LogP) is 3.49. The lowest BCUT2D eigenvalue weighted by atomic mass is 10.2. The molecule has 1 aromatic rings. The fraction of sp³-hybridized carbons (Fsp3) is 0.444. The maximum atomic E-state index is 4.13. The maximum Gasteiger partial charge on any atom is 0.0413 e. The third kappa shape index (κ3) is 3.51. The Hall–Kier alpha value is -0.370. The second kappa shape index (κ2) is 5.30. The molecule has 0 aliphatic rings. The molecule has 62 valence electrons. The number of hydrogen-bond acceptors (Lipinski definition) is 1. The average molecular weight is 216 g/mol. The van der Waals surface area contributed by atoms with Crippen molar-refractivity contribution in [1.29, 1.82) is 0 Å². The van der Waals surface area contributed by atoms with Gasteiger partial charge in [-0.05, 0) is 41.4 Å². The van der Waals surface area contributed by atoms with Gasteiger partial charge in [-0.25, -0.2) is 0 Å². The molecule has 0 bridgehead atoms. The summed E-state index contributed by atoms with van der Waals surface area (Å²) in [6.45, 7) is 8.05. The number of aryl methyl sites for hydroxylation is 2. The van der Waals surface area contributed by atoms with E-state index in [0.717, 1.165) is 10.2 Å². The first kappa shape index (κ1) is 10.6. The summed E-state index contributed by atoms with van der Waals surface area (Å²) in [6, 6.07) is 2.06. The Labute approximate surface area is 77.0 Å². The number of rotatable bonds is 0. The Bertz CT molecular complexity index is 221. The van der Waals surface area contributed by atoms with E-state index in [0.29, 0.717) is 0 Å². The largest absolute Gasteiger partial charge is 0.260 e. The van der Waals surface area contributed by atoms with Crippen molar-refractivity contribution < 1.29 is 0 Å². The maximum absolute atomic E-state index is 4.13. The minimum absolute atomic E-state index is 1.05. The number of halogens is 1. The van der Waals surface area contributed by atoms with Gasteiger partial charge in [0.25, 0.3) is 0 Å². The number of aromatic nitrogens is 1.